The largest absolute Gasteiger partial charge is 0.271 e. The quantitative estimate of drug-likeness (QED) is 0.654. The molecule has 0 bridgehead atoms. The van der Waals surface area contributed by atoms with E-state index in [4.69, 9.17) is 5.84 Å². The molecule has 1 heterocycles. The van der Waals surface area contributed by atoms with Crippen LogP contribution in [0.2, 0.25) is 0 Å². The van der Waals surface area contributed by atoms with E-state index in [1.165, 1.54) is 36.4 Å². The van der Waals surface area contributed by atoms with Gasteiger partial charge in [0.1, 0.15) is 0 Å². The second-order valence-electron chi connectivity index (χ2n) is 4.72. The minimum atomic E-state index is -0.0702. The number of hydrogen-bond donors (Lipinski definition) is 2. The van der Waals surface area contributed by atoms with Gasteiger partial charge in [0.15, 0.2) is 0 Å². The summed E-state index contributed by atoms with van der Waals surface area (Å²) in [4.78, 5) is 0. The monoisotopic (exact) mass is 260 g/mol. The maximum absolute atomic E-state index is 5.62. The molecule has 1 saturated carbocycles. The fraction of sp³-hybridized carbons (Fsp3) is 0.385. The molecule has 1 aromatic heterocycles. The predicted octanol–water partition coefficient (Wildman–Crippen LogP) is 2.36. The summed E-state index contributed by atoms with van der Waals surface area (Å²) in [6, 6.07) is 8.63. The van der Waals surface area contributed by atoms with Crippen LogP contribution >= 0.6 is 11.5 Å². The van der Waals surface area contributed by atoms with Crippen molar-refractivity contribution in [3.05, 3.63) is 46.5 Å². The van der Waals surface area contributed by atoms with E-state index in [1.54, 1.807) is 0 Å². The summed E-state index contributed by atoms with van der Waals surface area (Å²) in [5.41, 5.74) is 6.25. The van der Waals surface area contributed by atoms with Gasteiger partial charge in [-0.25, -0.2) is 5.43 Å². The summed E-state index contributed by atoms with van der Waals surface area (Å²) in [7, 11) is 0. The van der Waals surface area contributed by atoms with Gasteiger partial charge in [-0.3, -0.25) is 5.84 Å². The number of hydrazine groups is 1. The fourth-order valence-electron chi connectivity index (χ4n) is 2.35. The second kappa shape index (κ2) is 5.14. The van der Waals surface area contributed by atoms with Gasteiger partial charge in [-0.15, -0.1) is 5.10 Å². The Morgan fingerprint density at radius 2 is 2.06 bits per heavy atom. The maximum atomic E-state index is 5.62. The molecule has 1 fully saturated rings. The van der Waals surface area contributed by atoms with E-state index in [0.717, 1.165) is 17.2 Å². The molecule has 0 amide bonds. The number of nitrogens with two attached hydrogens (primary N) is 1. The van der Waals surface area contributed by atoms with Crippen LogP contribution in [0.15, 0.2) is 29.6 Å². The highest BCUT2D eigenvalue weighted by atomic mass is 32.1. The smallest absolute Gasteiger partial charge is 0.0983 e. The van der Waals surface area contributed by atoms with Crippen molar-refractivity contribution >= 4 is 11.5 Å². The van der Waals surface area contributed by atoms with E-state index in [0.29, 0.717) is 0 Å². The van der Waals surface area contributed by atoms with Crippen LogP contribution in [0, 0.1) is 0 Å². The van der Waals surface area contributed by atoms with E-state index in [2.05, 4.69) is 39.3 Å². The Bertz CT molecular complexity index is 490. The highest BCUT2D eigenvalue weighted by molar-refractivity contribution is 7.03. The molecule has 2 aromatic rings. The summed E-state index contributed by atoms with van der Waals surface area (Å²) in [5, 5.41) is 6.00. The molecule has 18 heavy (non-hydrogen) atoms. The Hall–Kier alpha value is -1.30. The molecule has 1 aromatic carbocycles. The third kappa shape index (κ3) is 2.16. The molecule has 1 aliphatic carbocycles. The van der Waals surface area contributed by atoms with Crippen molar-refractivity contribution in [1.29, 1.82) is 0 Å². The lowest BCUT2D eigenvalue weighted by Crippen LogP contribution is -2.29. The molecule has 3 N–H and O–H groups in total. The van der Waals surface area contributed by atoms with Crippen molar-refractivity contribution in [2.75, 3.05) is 0 Å². The van der Waals surface area contributed by atoms with Gasteiger partial charge in [0.25, 0.3) is 0 Å². The number of aromatic nitrogens is 2. The first-order valence-electron chi connectivity index (χ1n) is 6.21. The number of benzene rings is 1. The number of rotatable bonds is 4. The Kier molecular flexibility index (Phi) is 3.36. The fourth-order valence-corrected chi connectivity index (χ4v) is 2.83. The summed E-state index contributed by atoms with van der Waals surface area (Å²) >= 11 is 1.34. The number of nitrogens with zero attached hydrogens (tertiary/aromatic N) is 2. The summed E-state index contributed by atoms with van der Waals surface area (Å²) in [5.74, 6) is 6.39. The molecule has 5 heteroatoms. The zero-order valence-electron chi connectivity index (χ0n) is 10.0. The lowest BCUT2D eigenvalue weighted by Gasteiger charge is -2.26. The van der Waals surface area contributed by atoms with Gasteiger partial charge >= 0.3 is 0 Å². The van der Waals surface area contributed by atoms with Gasteiger partial charge < -0.3 is 0 Å². The van der Waals surface area contributed by atoms with Gasteiger partial charge in [-0.2, -0.15) is 0 Å². The van der Waals surface area contributed by atoms with Crippen LogP contribution in [-0.4, -0.2) is 9.59 Å². The Balaban J connectivity index is 1.82. The Morgan fingerprint density at radius 3 is 2.56 bits per heavy atom. The van der Waals surface area contributed by atoms with Gasteiger partial charge in [0.2, 0.25) is 0 Å². The van der Waals surface area contributed by atoms with Crippen molar-refractivity contribution in [2.45, 2.75) is 31.2 Å². The normalized spacial score (nSPS) is 17.4. The third-order valence-corrected chi connectivity index (χ3v) is 4.21. The van der Waals surface area contributed by atoms with E-state index in [1.807, 2.05) is 5.38 Å². The van der Waals surface area contributed by atoms with Crippen molar-refractivity contribution in [2.24, 2.45) is 5.84 Å². The lowest BCUT2D eigenvalue weighted by molar-refractivity contribution is 0.419. The zero-order valence-corrected chi connectivity index (χ0v) is 10.9. The molecular formula is C13H16N4S. The molecular weight excluding hydrogens is 244 g/mol. The average Bonchev–Trinajstić information content (AvgIpc) is 2.84. The molecule has 1 atom stereocenters. The van der Waals surface area contributed by atoms with E-state index < -0.39 is 0 Å². The minimum Gasteiger partial charge on any atom is -0.271 e. The molecule has 0 spiro atoms. The SMILES string of the molecule is NNC(c1ccc(C2CCC2)cc1)c1csnn1. The summed E-state index contributed by atoms with van der Waals surface area (Å²) in [6.45, 7) is 0. The van der Waals surface area contributed by atoms with E-state index >= 15 is 0 Å². The first-order valence-corrected chi connectivity index (χ1v) is 7.05. The molecule has 4 nitrogen and oxygen atoms in total. The van der Waals surface area contributed by atoms with Crippen LogP contribution in [-0.2, 0) is 0 Å². The summed E-state index contributed by atoms with van der Waals surface area (Å²) < 4.78 is 3.88. The Morgan fingerprint density at radius 1 is 1.28 bits per heavy atom. The minimum absolute atomic E-state index is 0.0702. The molecule has 1 aliphatic rings. The van der Waals surface area contributed by atoms with Crippen molar-refractivity contribution in [3.8, 4) is 0 Å². The van der Waals surface area contributed by atoms with Gasteiger partial charge in [-0.1, -0.05) is 35.2 Å². The van der Waals surface area contributed by atoms with Crippen LogP contribution in [0.4, 0.5) is 0 Å². The third-order valence-electron chi connectivity index (χ3n) is 3.69. The van der Waals surface area contributed by atoms with E-state index in [-0.39, 0.29) is 6.04 Å². The highest BCUT2D eigenvalue weighted by Gasteiger charge is 2.20. The first-order chi connectivity index (χ1) is 8.88. The van der Waals surface area contributed by atoms with Crippen molar-refractivity contribution in [3.63, 3.8) is 0 Å². The van der Waals surface area contributed by atoms with Gasteiger partial charge in [0, 0.05) is 5.38 Å². The number of nitrogens with one attached hydrogen (secondary N) is 1. The van der Waals surface area contributed by atoms with Gasteiger partial charge in [-0.05, 0) is 41.4 Å². The van der Waals surface area contributed by atoms with Crippen LogP contribution < -0.4 is 11.3 Å². The molecule has 3 rings (SSSR count). The van der Waals surface area contributed by atoms with Gasteiger partial charge in [0.05, 0.1) is 11.7 Å². The number of hydrogen-bond acceptors (Lipinski definition) is 5. The molecule has 0 aliphatic heterocycles. The molecule has 0 radical (unpaired) electrons. The second-order valence-corrected chi connectivity index (χ2v) is 5.33. The van der Waals surface area contributed by atoms with Crippen LogP contribution in [0.1, 0.15) is 48.0 Å². The zero-order chi connectivity index (χ0) is 12.4. The van der Waals surface area contributed by atoms with E-state index in [9.17, 15) is 0 Å². The lowest BCUT2D eigenvalue weighted by atomic mass is 9.80. The Labute approximate surface area is 110 Å². The van der Waals surface area contributed by atoms with Crippen molar-refractivity contribution in [1.82, 2.24) is 15.0 Å². The van der Waals surface area contributed by atoms with Crippen molar-refractivity contribution < 1.29 is 0 Å². The highest BCUT2D eigenvalue weighted by Crippen LogP contribution is 2.36. The molecule has 0 saturated heterocycles. The van der Waals surface area contributed by atoms with Crippen LogP contribution in [0.5, 0.6) is 0 Å². The molecule has 1 unspecified atom stereocenters. The van der Waals surface area contributed by atoms with Crippen LogP contribution in [0.25, 0.3) is 0 Å². The average molecular weight is 260 g/mol. The molecule has 94 valence electrons. The standard InChI is InChI=1S/C13H16N4S/c14-15-13(12-8-18-17-16-12)11-6-4-10(5-7-11)9-2-1-3-9/h4-9,13,15H,1-3,14H2. The predicted molar refractivity (Wildman–Crippen MR) is 72.1 cm³/mol. The topological polar surface area (TPSA) is 63.8 Å². The maximum Gasteiger partial charge on any atom is 0.0983 e. The summed E-state index contributed by atoms with van der Waals surface area (Å²) in [6.07, 6.45) is 4.02. The van der Waals surface area contributed by atoms with Crippen LogP contribution in [0.3, 0.4) is 0 Å². The first kappa shape index (κ1) is 11.8.